The van der Waals surface area contributed by atoms with Crippen molar-refractivity contribution in [2.45, 2.75) is 0 Å². The van der Waals surface area contributed by atoms with Crippen molar-refractivity contribution >= 4 is 11.9 Å². The molecule has 0 atom stereocenters. The monoisotopic (exact) mass is 329 g/mol. The molecule has 0 aliphatic heterocycles. The molecule has 3 aromatic rings. The summed E-state index contributed by atoms with van der Waals surface area (Å²) in [5.41, 5.74) is 3.03. The lowest BCUT2D eigenvalue weighted by Gasteiger charge is -2.01. The van der Waals surface area contributed by atoms with Crippen molar-refractivity contribution in [1.29, 1.82) is 0 Å². The quantitative estimate of drug-likeness (QED) is 0.490. The third-order valence-electron chi connectivity index (χ3n) is 3.55. The Morgan fingerprint density at radius 2 is 1.68 bits per heavy atom. The number of benzene rings is 3. The van der Waals surface area contributed by atoms with Crippen LogP contribution in [-0.2, 0) is 0 Å². The molecule has 0 heterocycles. The molecule has 3 rings (SSSR count). The Kier molecular flexibility index (Phi) is 5.23. The molecule has 0 radical (unpaired) electrons. The van der Waals surface area contributed by atoms with Gasteiger partial charge in [0.2, 0.25) is 0 Å². The van der Waals surface area contributed by atoms with Gasteiger partial charge in [-0.05, 0) is 54.6 Å². The highest BCUT2D eigenvalue weighted by Gasteiger charge is 2.00. The second-order valence-electron chi connectivity index (χ2n) is 5.30. The molecule has 0 saturated carbocycles. The molecule has 3 heteroatoms. The highest BCUT2D eigenvalue weighted by Crippen LogP contribution is 2.18. The van der Waals surface area contributed by atoms with Gasteiger partial charge >= 0.3 is 0 Å². The van der Waals surface area contributed by atoms with Crippen molar-refractivity contribution in [3.63, 3.8) is 0 Å². The van der Waals surface area contributed by atoms with Crippen LogP contribution in [0.1, 0.15) is 16.7 Å². The van der Waals surface area contributed by atoms with E-state index < -0.39 is 0 Å². The van der Waals surface area contributed by atoms with Gasteiger partial charge in [0.05, 0.1) is 12.8 Å². The Balaban J connectivity index is 1.89. The van der Waals surface area contributed by atoms with E-state index in [0.29, 0.717) is 5.56 Å². The number of aliphatic imine (C=N–C) groups is 1. The Morgan fingerprint density at radius 3 is 2.40 bits per heavy atom. The van der Waals surface area contributed by atoms with E-state index in [1.54, 1.807) is 19.4 Å². The number of hydrogen-bond donors (Lipinski definition) is 0. The van der Waals surface area contributed by atoms with Crippen molar-refractivity contribution in [3.8, 4) is 17.6 Å². The zero-order valence-corrected chi connectivity index (χ0v) is 13.7. The molecule has 0 bridgehead atoms. The molecule has 0 amide bonds. The number of hydrogen-bond acceptors (Lipinski definition) is 2. The third kappa shape index (κ3) is 4.55. The van der Waals surface area contributed by atoms with Crippen molar-refractivity contribution in [2.24, 2.45) is 4.99 Å². The fraction of sp³-hybridized carbons (Fsp3) is 0.0455. The van der Waals surface area contributed by atoms with Crippen LogP contribution >= 0.6 is 0 Å². The fourth-order valence-electron chi connectivity index (χ4n) is 2.23. The van der Waals surface area contributed by atoms with E-state index in [4.69, 9.17) is 4.74 Å². The predicted octanol–water partition coefficient (Wildman–Crippen LogP) is 4.98. The van der Waals surface area contributed by atoms with Crippen molar-refractivity contribution in [2.75, 3.05) is 7.11 Å². The van der Waals surface area contributed by atoms with Gasteiger partial charge < -0.3 is 4.74 Å². The summed E-state index contributed by atoms with van der Waals surface area (Å²) >= 11 is 0. The first-order chi connectivity index (χ1) is 12.2. The molecule has 0 aromatic heterocycles. The van der Waals surface area contributed by atoms with Gasteiger partial charge in [-0.15, -0.1) is 0 Å². The summed E-state index contributed by atoms with van der Waals surface area (Å²) < 4.78 is 18.7. The van der Waals surface area contributed by atoms with Crippen LogP contribution in [0.3, 0.4) is 0 Å². The molecular weight excluding hydrogens is 313 g/mol. The Morgan fingerprint density at radius 1 is 0.920 bits per heavy atom. The van der Waals surface area contributed by atoms with Gasteiger partial charge in [-0.25, -0.2) is 4.39 Å². The lowest BCUT2D eigenvalue weighted by molar-refractivity contribution is 0.415. The zero-order chi connectivity index (χ0) is 17.5. The average molecular weight is 329 g/mol. The van der Waals surface area contributed by atoms with Crippen molar-refractivity contribution < 1.29 is 9.13 Å². The van der Waals surface area contributed by atoms with Gasteiger partial charge in [-0.1, -0.05) is 30.0 Å². The standard InChI is InChI=1S/C22H16FNO/c1-25-22-13-11-21(12-14-22)24-16-19-15-20(23)10-9-18(19)8-7-17-5-3-2-4-6-17/h2-6,9-16H,1H3. The molecule has 0 N–H and O–H groups in total. The summed E-state index contributed by atoms with van der Waals surface area (Å²) in [6.07, 6.45) is 1.62. The van der Waals surface area contributed by atoms with Crippen LogP contribution in [0.4, 0.5) is 10.1 Å². The summed E-state index contributed by atoms with van der Waals surface area (Å²) in [6, 6.07) is 21.5. The first-order valence-electron chi connectivity index (χ1n) is 7.79. The summed E-state index contributed by atoms with van der Waals surface area (Å²) in [4.78, 5) is 4.39. The molecule has 0 unspecified atom stereocenters. The van der Waals surface area contributed by atoms with E-state index in [9.17, 15) is 4.39 Å². The van der Waals surface area contributed by atoms with Crippen LogP contribution in [0.25, 0.3) is 0 Å². The van der Waals surface area contributed by atoms with Crippen LogP contribution in [0.2, 0.25) is 0 Å². The molecule has 0 fully saturated rings. The van der Waals surface area contributed by atoms with E-state index in [-0.39, 0.29) is 5.82 Å². The van der Waals surface area contributed by atoms with Gasteiger partial charge in [0.15, 0.2) is 0 Å². The Labute approximate surface area is 146 Å². The molecule has 25 heavy (non-hydrogen) atoms. The second-order valence-corrected chi connectivity index (χ2v) is 5.30. The maximum Gasteiger partial charge on any atom is 0.123 e. The Bertz CT molecular complexity index is 935. The van der Waals surface area contributed by atoms with E-state index in [2.05, 4.69) is 16.8 Å². The summed E-state index contributed by atoms with van der Waals surface area (Å²) in [5.74, 6) is 6.61. The van der Waals surface area contributed by atoms with Crippen LogP contribution in [-0.4, -0.2) is 13.3 Å². The predicted molar refractivity (Wildman–Crippen MR) is 99.1 cm³/mol. The SMILES string of the molecule is COc1ccc(N=Cc2cc(F)ccc2C#Cc2ccccc2)cc1. The van der Waals surface area contributed by atoms with E-state index in [1.165, 1.54) is 12.1 Å². The highest BCUT2D eigenvalue weighted by atomic mass is 19.1. The highest BCUT2D eigenvalue weighted by molar-refractivity contribution is 5.85. The van der Waals surface area contributed by atoms with E-state index in [0.717, 1.165) is 22.6 Å². The number of ether oxygens (including phenoxy) is 1. The minimum Gasteiger partial charge on any atom is -0.497 e. The van der Waals surface area contributed by atoms with Gasteiger partial charge in [0.25, 0.3) is 0 Å². The lowest BCUT2D eigenvalue weighted by atomic mass is 10.1. The van der Waals surface area contributed by atoms with Crippen molar-refractivity contribution in [3.05, 3.63) is 95.3 Å². The Hall–Kier alpha value is -3.38. The topological polar surface area (TPSA) is 21.6 Å². The molecule has 3 aromatic carbocycles. The number of halogens is 1. The first kappa shape index (κ1) is 16.5. The fourth-order valence-corrected chi connectivity index (χ4v) is 2.23. The number of rotatable bonds is 3. The first-order valence-corrected chi connectivity index (χ1v) is 7.79. The summed E-state index contributed by atoms with van der Waals surface area (Å²) in [5, 5.41) is 0. The molecule has 0 saturated heterocycles. The normalized spacial score (nSPS) is 10.3. The van der Waals surface area contributed by atoms with Crippen LogP contribution in [0.5, 0.6) is 5.75 Å². The van der Waals surface area contributed by atoms with E-state index in [1.807, 2.05) is 54.6 Å². The van der Waals surface area contributed by atoms with Crippen LogP contribution < -0.4 is 4.74 Å². The third-order valence-corrected chi connectivity index (χ3v) is 3.55. The zero-order valence-electron chi connectivity index (χ0n) is 13.7. The summed E-state index contributed by atoms with van der Waals surface area (Å²) in [7, 11) is 1.61. The molecule has 122 valence electrons. The van der Waals surface area contributed by atoms with Crippen LogP contribution in [0.15, 0.2) is 77.8 Å². The lowest BCUT2D eigenvalue weighted by Crippen LogP contribution is -1.90. The largest absolute Gasteiger partial charge is 0.497 e. The van der Waals surface area contributed by atoms with E-state index >= 15 is 0 Å². The molecule has 0 aliphatic carbocycles. The maximum absolute atomic E-state index is 13.6. The smallest absolute Gasteiger partial charge is 0.123 e. The molecular formula is C22H16FNO. The van der Waals surface area contributed by atoms with Gasteiger partial charge in [0.1, 0.15) is 11.6 Å². The number of nitrogens with zero attached hydrogens (tertiary/aromatic N) is 1. The summed E-state index contributed by atoms with van der Waals surface area (Å²) in [6.45, 7) is 0. The average Bonchev–Trinajstić information content (AvgIpc) is 2.67. The second kappa shape index (κ2) is 7.94. The maximum atomic E-state index is 13.6. The van der Waals surface area contributed by atoms with Crippen LogP contribution in [0, 0.1) is 17.7 Å². The molecule has 0 spiro atoms. The minimum absolute atomic E-state index is 0.318. The van der Waals surface area contributed by atoms with Gasteiger partial charge in [-0.2, -0.15) is 0 Å². The van der Waals surface area contributed by atoms with Gasteiger partial charge in [-0.3, -0.25) is 4.99 Å². The van der Waals surface area contributed by atoms with Crippen molar-refractivity contribution in [1.82, 2.24) is 0 Å². The molecule has 0 aliphatic rings. The van der Waals surface area contributed by atoms with Gasteiger partial charge in [0, 0.05) is 22.9 Å². The molecule has 2 nitrogen and oxygen atoms in total. The number of methoxy groups -OCH3 is 1. The minimum atomic E-state index is -0.318.